The summed E-state index contributed by atoms with van der Waals surface area (Å²) in [4.78, 5) is 15.6. The predicted octanol–water partition coefficient (Wildman–Crippen LogP) is 3.26. The minimum absolute atomic E-state index is 0.00642. The first-order valence-electron chi connectivity index (χ1n) is 11.5. The third-order valence-electron chi connectivity index (χ3n) is 6.09. The molecule has 2 N–H and O–H groups in total. The van der Waals surface area contributed by atoms with Crippen molar-refractivity contribution in [2.24, 2.45) is 5.92 Å². The summed E-state index contributed by atoms with van der Waals surface area (Å²) in [5.41, 5.74) is 2.04. The van der Waals surface area contributed by atoms with Gasteiger partial charge in [-0.05, 0) is 68.6 Å². The summed E-state index contributed by atoms with van der Waals surface area (Å²) in [6.07, 6.45) is 2.25. The number of carbonyl (C=O) groups is 1. The van der Waals surface area contributed by atoms with Gasteiger partial charge in [-0.3, -0.25) is 9.69 Å². The van der Waals surface area contributed by atoms with E-state index in [-0.39, 0.29) is 22.8 Å². The molecule has 0 aromatic heterocycles. The second-order valence-electron chi connectivity index (χ2n) is 8.94. The van der Waals surface area contributed by atoms with Crippen LogP contribution < -0.4 is 14.8 Å². The molecular formula is C25H35N3O4S. The summed E-state index contributed by atoms with van der Waals surface area (Å²) < 4.78 is 33.8. The monoisotopic (exact) mass is 473 g/mol. The lowest BCUT2D eigenvalue weighted by molar-refractivity contribution is -0.123. The van der Waals surface area contributed by atoms with Crippen LogP contribution in [0.25, 0.3) is 0 Å². The van der Waals surface area contributed by atoms with Crippen molar-refractivity contribution in [1.82, 2.24) is 14.9 Å². The van der Waals surface area contributed by atoms with Gasteiger partial charge >= 0.3 is 0 Å². The highest BCUT2D eigenvalue weighted by atomic mass is 32.2. The molecule has 0 bridgehead atoms. The number of nitrogens with zero attached hydrogens (tertiary/aromatic N) is 1. The van der Waals surface area contributed by atoms with Gasteiger partial charge in [0.25, 0.3) is 0 Å². The van der Waals surface area contributed by atoms with E-state index < -0.39 is 16.1 Å². The number of amides is 1. The molecule has 7 nitrogen and oxygen atoms in total. The zero-order valence-corrected chi connectivity index (χ0v) is 20.7. The van der Waals surface area contributed by atoms with E-state index in [0.29, 0.717) is 6.54 Å². The van der Waals surface area contributed by atoms with E-state index in [9.17, 15) is 13.2 Å². The van der Waals surface area contributed by atoms with Crippen LogP contribution in [0, 0.1) is 12.8 Å². The minimum atomic E-state index is -3.82. The van der Waals surface area contributed by atoms with Gasteiger partial charge in [-0.15, -0.1) is 0 Å². The number of ether oxygens (including phenoxy) is 1. The van der Waals surface area contributed by atoms with Crippen molar-refractivity contribution in [2.75, 3.05) is 26.7 Å². The molecule has 1 saturated heterocycles. The maximum atomic E-state index is 13.1. The van der Waals surface area contributed by atoms with Gasteiger partial charge < -0.3 is 10.1 Å². The fourth-order valence-corrected chi connectivity index (χ4v) is 5.46. The third-order valence-corrected chi connectivity index (χ3v) is 7.55. The molecule has 3 rings (SSSR count). The zero-order valence-electron chi connectivity index (χ0n) is 19.9. The lowest BCUT2D eigenvalue weighted by Gasteiger charge is -2.30. The van der Waals surface area contributed by atoms with Crippen LogP contribution >= 0.6 is 0 Å². The molecule has 1 aliphatic heterocycles. The van der Waals surface area contributed by atoms with Crippen molar-refractivity contribution in [3.05, 3.63) is 59.7 Å². The molecule has 1 fully saturated rings. The van der Waals surface area contributed by atoms with Crippen LogP contribution in [0.2, 0.25) is 0 Å². The van der Waals surface area contributed by atoms with Gasteiger partial charge in [0.05, 0.1) is 18.0 Å². The lowest BCUT2D eigenvalue weighted by atomic mass is 10.0. The van der Waals surface area contributed by atoms with Crippen LogP contribution in [0.1, 0.15) is 43.9 Å². The van der Waals surface area contributed by atoms with E-state index in [1.54, 1.807) is 31.4 Å². The highest BCUT2D eigenvalue weighted by molar-refractivity contribution is 7.89. The fourth-order valence-electron chi connectivity index (χ4n) is 4.11. The molecule has 0 radical (unpaired) electrons. The first-order chi connectivity index (χ1) is 15.7. The molecule has 180 valence electrons. The molecule has 2 atom stereocenters. The van der Waals surface area contributed by atoms with Gasteiger partial charge in [0.15, 0.2) is 0 Å². The standard InChI is InChI=1S/C25H35N3O4S/c1-18(2)24(27-33(30,31)22-12-10-19(3)11-13-22)25(29)26-17-23(28-14-5-6-15-28)20-8-7-9-21(16-20)32-4/h7-13,16,18,23-24,27H,5-6,14-15,17H2,1-4H3,(H,26,29)/t23-,24+/m1/s1. The number of benzene rings is 2. The number of sulfonamides is 1. The molecule has 1 aliphatic rings. The van der Waals surface area contributed by atoms with Crippen molar-refractivity contribution < 1.29 is 17.9 Å². The van der Waals surface area contributed by atoms with Crippen molar-refractivity contribution in [1.29, 1.82) is 0 Å². The van der Waals surface area contributed by atoms with Gasteiger partial charge in [-0.25, -0.2) is 8.42 Å². The minimum Gasteiger partial charge on any atom is -0.497 e. The van der Waals surface area contributed by atoms with Crippen molar-refractivity contribution >= 4 is 15.9 Å². The number of likely N-dealkylation sites (tertiary alicyclic amines) is 1. The molecule has 33 heavy (non-hydrogen) atoms. The van der Waals surface area contributed by atoms with E-state index in [1.165, 1.54) is 0 Å². The highest BCUT2D eigenvalue weighted by Crippen LogP contribution is 2.27. The quantitative estimate of drug-likeness (QED) is 0.553. The van der Waals surface area contributed by atoms with E-state index >= 15 is 0 Å². The smallest absolute Gasteiger partial charge is 0.241 e. The summed E-state index contributed by atoms with van der Waals surface area (Å²) >= 11 is 0. The molecule has 8 heteroatoms. The van der Waals surface area contributed by atoms with Crippen LogP contribution in [0.5, 0.6) is 5.75 Å². The number of rotatable bonds is 10. The third kappa shape index (κ3) is 6.56. The molecule has 0 spiro atoms. The number of hydrogen-bond acceptors (Lipinski definition) is 5. The van der Waals surface area contributed by atoms with E-state index in [0.717, 1.165) is 42.8 Å². The first kappa shape index (κ1) is 25.2. The molecule has 1 amide bonds. The Balaban J connectivity index is 1.74. The number of methoxy groups -OCH3 is 1. The summed E-state index contributed by atoms with van der Waals surface area (Å²) in [6, 6.07) is 13.6. The maximum absolute atomic E-state index is 13.1. The predicted molar refractivity (Wildman–Crippen MR) is 130 cm³/mol. The average molecular weight is 474 g/mol. The number of nitrogens with one attached hydrogen (secondary N) is 2. The van der Waals surface area contributed by atoms with E-state index in [1.807, 2.05) is 45.0 Å². The van der Waals surface area contributed by atoms with E-state index in [4.69, 9.17) is 4.74 Å². The van der Waals surface area contributed by atoms with Gasteiger partial charge in [0.2, 0.25) is 15.9 Å². The summed E-state index contributed by atoms with van der Waals surface area (Å²) in [6.45, 7) is 7.88. The molecule has 1 heterocycles. The van der Waals surface area contributed by atoms with Crippen LogP contribution in [0.4, 0.5) is 0 Å². The van der Waals surface area contributed by atoms with Crippen molar-refractivity contribution in [2.45, 2.75) is 50.6 Å². The van der Waals surface area contributed by atoms with Crippen molar-refractivity contribution in [3.8, 4) is 5.75 Å². The summed E-state index contributed by atoms with van der Waals surface area (Å²) in [7, 11) is -2.18. The van der Waals surface area contributed by atoms with Crippen LogP contribution in [-0.2, 0) is 14.8 Å². The average Bonchev–Trinajstić information content (AvgIpc) is 3.32. The molecule has 2 aromatic carbocycles. The number of aryl methyl sites for hydroxylation is 1. The maximum Gasteiger partial charge on any atom is 0.241 e. The topological polar surface area (TPSA) is 87.7 Å². The van der Waals surface area contributed by atoms with Crippen LogP contribution in [0.15, 0.2) is 53.4 Å². The molecule has 0 unspecified atom stereocenters. The zero-order chi connectivity index (χ0) is 24.0. The van der Waals surface area contributed by atoms with Crippen LogP contribution in [0.3, 0.4) is 0 Å². The van der Waals surface area contributed by atoms with Gasteiger partial charge in [0.1, 0.15) is 11.8 Å². The first-order valence-corrected chi connectivity index (χ1v) is 12.9. The van der Waals surface area contributed by atoms with Crippen LogP contribution in [-0.4, -0.2) is 52.0 Å². The lowest BCUT2D eigenvalue weighted by Crippen LogP contribution is -2.51. The Labute approximate surface area is 197 Å². The Morgan fingerprint density at radius 2 is 1.76 bits per heavy atom. The largest absolute Gasteiger partial charge is 0.497 e. The molecule has 2 aromatic rings. The Kier molecular flexibility index (Phi) is 8.51. The molecule has 0 saturated carbocycles. The molecular weight excluding hydrogens is 438 g/mol. The highest BCUT2D eigenvalue weighted by Gasteiger charge is 2.30. The second kappa shape index (κ2) is 11.1. The second-order valence-corrected chi connectivity index (χ2v) is 10.7. The van der Waals surface area contributed by atoms with Gasteiger partial charge in [0, 0.05) is 6.54 Å². The number of carbonyl (C=O) groups excluding carboxylic acids is 1. The van der Waals surface area contributed by atoms with Gasteiger partial charge in [-0.1, -0.05) is 43.7 Å². The normalized spacial score (nSPS) is 16.5. The molecule has 0 aliphatic carbocycles. The SMILES string of the molecule is COc1cccc([C@@H](CNC(=O)[C@@H](NS(=O)(=O)c2ccc(C)cc2)C(C)C)N2CCCC2)c1. The Bertz CT molecular complexity index is 1030. The summed E-state index contributed by atoms with van der Waals surface area (Å²) in [5, 5.41) is 3.01. The Hall–Kier alpha value is -2.42. The Morgan fingerprint density at radius 1 is 1.09 bits per heavy atom. The Morgan fingerprint density at radius 3 is 2.36 bits per heavy atom. The van der Waals surface area contributed by atoms with Gasteiger partial charge in [-0.2, -0.15) is 4.72 Å². The fraction of sp³-hybridized carbons (Fsp3) is 0.480. The number of hydrogen-bond donors (Lipinski definition) is 2. The van der Waals surface area contributed by atoms with E-state index in [2.05, 4.69) is 14.9 Å². The summed E-state index contributed by atoms with van der Waals surface area (Å²) in [5.74, 6) is 0.231. The van der Waals surface area contributed by atoms with Crippen molar-refractivity contribution in [3.63, 3.8) is 0 Å².